The molecule has 16 heavy (non-hydrogen) atoms. The summed E-state index contributed by atoms with van der Waals surface area (Å²) in [6.07, 6.45) is 2.52. The fraction of sp³-hybridized carbons (Fsp3) is 0.500. The molecule has 1 aromatic rings. The lowest BCUT2D eigenvalue weighted by molar-refractivity contribution is 0.00897. The van der Waals surface area contributed by atoms with Gasteiger partial charge in [0.05, 0.1) is 18.2 Å². The third kappa shape index (κ3) is 3.11. The zero-order valence-electron chi connectivity index (χ0n) is 8.99. The quantitative estimate of drug-likeness (QED) is 0.616. The molecule has 0 aliphatic heterocycles. The summed E-state index contributed by atoms with van der Waals surface area (Å²) < 4.78 is 10.8. The topological polar surface area (TPSA) is 38.7 Å². The van der Waals surface area contributed by atoms with Gasteiger partial charge in [0.25, 0.3) is 0 Å². The molecule has 1 aromatic carbocycles. The maximum atomic E-state index is 9.12. The van der Waals surface area contributed by atoms with E-state index in [0.29, 0.717) is 22.3 Å². The molecular weight excluding hydrogens is 228 g/mol. The lowest BCUT2D eigenvalue weighted by atomic mass is 10.2. The van der Waals surface area contributed by atoms with Crippen molar-refractivity contribution in [1.29, 1.82) is 0 Å². The summed E-state index contributed by atoms with van der Waals surface area (Å²) >= 11 is 5.97. The fourth-order valence-corrected chi connectivity index (χ4v) is 1.69. The second-order valence-electron chi connectivity index (χ2n) is 3.96. The zero-order chi connectivity index (χ0) is 11.4. The van der Waals surface area contributed by atoms with Crippen molar-refractivity contribution in [3.05, 3.63) is 28.8 Å². The van der Waals surface area contributed by atoms with Crippen LogP contribution in [0.4, 0.5) is 0 Å². The molecule has 0 heterocycles. The summed E-state index contributed by atoms with van der Waals surface area (Å²) in [5.74, 6) is 1.23. The van der Waals surface area contributed by atoms with Crippen LogP contribution in [-0.4, -0.2) is 18.5 Å². The smallest absolute Gasteiger partial charge is 0.189 e. The van der Waals surface area contributed by atoms with Crippen LogP contribution in [0.3, 0.4) is 0 Å². The Balaban J connectivity index is 1.86. The average molecular weight is 243 g/mol. The number of aliphatic hydroxyl groups is 1. The van der Waals surface area contributed by atoms with Crippen molar-refractivity contribution < 1.29 is 14.6 Å². The average Bonchev–Trinajstić information content (AvgIpc) is 3.09. The third-order valence-electron chi connectivity index (χ3n) is 2.56. The molecule has 0 atom stereocenters. The van der Waals surface area contributed by atoms with E-state index in [2.05, 4.69) is 0 Å². The highest BCUT2D eigenvalue weighted by molar-refractivity contribution is 6.32. The standard InChI is InChI=1S/C12H15ClO3/c13-11-3-1-2-10(6-14)12(11)16-8-15-7-9-4-5-9/h1-3,9,14H,4-8H2. The molecule has 2 rings (SSSR count). The Morgan fingerprint density at radius 1 is 1.38 bits per heavy atom. The molecule has 4 heteroatoms. The van der Waals surface area contributed by atoms with Crippen LogP contribution in [0.2, 0.25) is 5.02 Å². The van der Waals surface area contributed by atoms with E-state index in [9.17, 15) is 0 Å². The molecule has 88 valence electrons. The van der Waals surface area contributed by atoms with Crippen LogP contribution in [-0.2, 0) is 11.3 Å². The highest BCUT2D eigenvalue weighted by Gasteiger charge is 2.21. The van der Waals surface area contributed by atoms with E-state index in [0.717, 1.165) is 6.61 Å². The second-order valence-corrected chi connectivity index (χ2v) is 4.37. The first-order chi connectivity index (χ1) is 7.81. The molecule has 0 aromatic heterocycles. The number of aliphatic hydroxyl groups excluding tert-OH is 1. The van der Waals surface area contributed by atoms with E-state index in [4.69, 9.17) is 26.2 Å². The van der Waals surface area contributed by atoms with Crippen molar-refractivity contribution in [3.8, 4) is 5.75 Å². The van der Waals surface area contributed by atoms with Gasteiger partial charge >= 0.3 is 0 Å². The van der Waals surface area contributed by atoms with E-state index >= 15 is 0 Å². The SMILES string of the molecule is OCc1cccc(Cl)c1OCOCC1CC1. The molecular formula is C12H15ClO3. The monoisotopic (exact) mass is 242 g/mol. The Hall–Kier alpha value is -0.770. The molecule has 1 N–H and O–H groups in total. The molecule has 3 nitrogen and oxygen atoms in total. The van der Waals surface area contributed by atoms with Gasteiger partial charge in [-0.05, 0) is 24.8 Å². The van der Waals surface area contributed by atoms with Crippen LogP contribution in [0, 0.1) is 5.92 Å². The minimum absolute atomic E-state index is 0.0848. The van der Waals surface area contributed by atoms with E-state index in [1.54, 1.807) is 18.2 Å². The number of rotatable bonds is 6. The molecule has 1 saturated carbocycles. The molecule has 0 unspecified atom stereocenters. The number of halogens is 1. The summed E-state index contributed by atoms with van der Waals surface area (Å²) in [5, 5.41) is 9.62. The van der Waals surface area contributed by atoms with Crippen molar-refractivity contribution in [2.45, 2.75) is 19.4 Å². The van der Waals surface area contributed by atoms with Crippen LogP contribution >= 0.6 is 11.6 Å². The predicted octanol–water partition coefficient (Wildman–Crippen LogP) is 2.60. The molecule has 0 radical (unpaired) electrons. The van der Waals surface area contributed by atoms with Crippen LogP contribution in [0.1, 0.15) is 18.4 Å². The molecule has 1 aliphatic carbocycles. The van der Waals surface area contributed by atoms with Gasteiger partial charge in [0, 0.05) is 5.56 Å². The predicted molar refractivity (Wildman–Crippen MR) is 61.5 cm³/mol. The highest BCUT2D eigenvalue weighted by Crippen LogP contribution is 2.30. The molecule has 1 aliphatic rings. The first-order valence-electron chi connectivity index (χ1n) is 5.40. The Bertz CT molecular complexity index is 350. The van der Waals surface area contributed by atoms with Gasteiger partial charge < -0.3 is 14.6 Å². The fourth-order valence-electron chi connectivity index (χ4n) is 1.44. The number of hydrogen-bond donors (Lipinski definition) is 1. The van der Waals surface area contributed by atoms with Gasteiger partial charge in [-0.15, -0.1) is 0 Å². The van der Waals surface area contributed by atoms with Gasteiger partial charge in [-0.1, -0.05) is 23.7 Å². The number of ether oxygens (including phenoxy) is 2. The Morgan fingerprint density at radius 2 is 2.19 bits per heavy atom. The molecule has 0 spiro atoms. The van der Waals surface area contributed by atoms with Crippen LogP contribution in [0.15, 0.2) is 18.2 Å². The Labute approximate surface area is 99.9 Å². The summed E-state index contributed by atoms with van der Waals surface area (Å²) in [7, 11) is 0. The second kappa shape index (κ2) is 5.53. The summed E-state index contributed by atoms with van der Waals surface area (Å²) in [5.41, 5.74) is 0.683. The number of benzene rings is 1. The van der Waals surface area contributed by atoms with Crippen LogP contribution in [0.5, 0.6) is 5.75 Å². The van der Waals surface area contributed by atoms with Crippen molar-refractivity contribution >= 4 is 11.6 Å². The minimum Gasteiger partial charge on any atom is -0.466 e. The third-order valence-corrected chi connectivity index (χ3v) is 2.85. The normalized spacial score (nSPS) is 15.1. The summed E-state index contributed by atoms with van der Waals surface area (Å²) in [4.78, 5) is 0. The maximum absolute atomic E-state index is 9.12. The minimum atomic E-state index is -0.0848. The van der Waals surface area contributed by atoms with Gasteiger partial charge in [0.15, 0.2) is 6.79 Å². The maximum Gasteiger partial charge on any atom is 0.189 e. The summed E-state index contributed by atoms with van der Waals surface area (Å²) in [6.45, 7) is 0.852. The van der Waals surface area contributed by atoms with Crippen molar-refractivity contribution in [2.24, 2.45) is 5.92 Å². The lowest BCUT2D eigenvalue weighted by Crippen LogP contribution is -2.07. The van der Waals surface area contributed by atoms with Crippen molar-refractivity contribution in [3.63, 3.8) is 0 Å². The Kier molecular flexibility index (Phi) is 4.04. The van der Waals surface area contributed by atoms with Gasteiger partial charge in [-0.3, -0.25) is 0 Å². The molecule has 1 fully saturated rings. The molecule has 0 amide bonds. The zero-order valence-corrected chi connectivity index (χ0v) is 9.74. The summed E-state index contributed by atoms with van der Waals surface area (Å²) in [6, 6.07) is 5.30. The van der Waals surface area contributed by atoms with Crippen molar-refractivity contribution in [1.82, 2.24) is 0 Å². The van der Waals surface area contributed by atoms with E-state index in [1.807, 2.05) is 0 Å². The largest absolute Gasteiger partial charge is 0.466 e. The van der Waals surface area contributed by atoms with Gasteiger partial charge in [0.1, 0.15) is 5.75 Å². The lowest BCUT2D eigenvalue weighted by Gasteiger charge is -2.11. The van der Waals surface area contributed by atoms with E-state index < -0.39 is 0 Å². The number of hydrogen-bond acceptors (Lipinski definition) is 3. The van der Waals surface area contributed by atoms with Gasteiger partial charge in [0.2, 0.25) is 0 Å². The molecule has 0 bridgehead atoms. The Morgan fingerprint density at radius 3 is 2.88 bits per heavy atom. The van der Waals surface area contributed by atoms with Gasteiger partial charge in [-0.25, -0.2) is 0 Å². The molecule has 0 saturated heterocycles. The van der Waals surface area contributed by atoms with Crippen LogP contribution < -0.4 is 4.74 Å². The number of para-hydroxylation sites is 1. The van der Waals surface area contributed by atoms with E-state index in [-0.39, 0.29) is 13.4 Å². The first kappa shape index (κ1) is 11.7. The first-order valence-corrected chi connectivity index (χ1v) is 5.78. The van der Waals surface area contributed by atoms with Crippen molar-refractivity contribution in [2.75, 3.05) is 13.4 Å². The van der Waals surface area contributed by atoms with Gasteiger partial charge in [-0.2, -0.15) is 0 Å². The highest BCUT2D eigenvalue weighted by atomic mass is 35.5. The van der Waals surface area contributed by atoms with E-state index in [1.165, 1.54) is 12.8 Å². The van der Waals surface area contributed by atoms with Crippen LogP contribution in [0.25, 0.3) is 0 Å².